The van der Waals surface area contributed by atoms with Gasteiger partial charge in [0.05, 0.1) is 11.1 Å². The van der Waals surface area contributed by atoms with Crippen molar-refractivity contribution < 1.29 is 23.1 Å². The van der Waals surface area contributed by atoms with Gasteiger partial charge in [0.2, 0.25) is 0 Å². The topological polar surface area (TPSA) is 59.3 Å². The van der Waals surface area contributed by atoms with Crippen LogP contribution in [0.15, 0.2) is 53.5 Å². The molecule has 0 fully saturated rings. The van der Waals surface area contributed by atoms with Gasteiger partial charge in [-0.15, -0.1) is 0 Å². The van der Waals surface area contributed by atoms with Crippen LogP contribution in [0.25, 0.3) is 21.9 Å². The molecule has 0 aliphatic heterocycles. The highest BCUT2D eigenvalue weighted by Gasteiger charge is 2.30. The number of aromatic nitrogens is 1. The fourth-order valence-electron chi connectivity index (χ4n) is 2.67. The van der Waals surface area contributed by atoms with Gasteiger partial charge in [0, 0.05) is 24.2 Å². The third-order valence-corrected chi connectivity index (χ3v) is 3.95. The number of nitrogens with zero attached hydrogens (tertiary/aromatic N) is 1. The van der Waals surface area contributed by atoms with Crippen molar-refractivity contribution >= 4 is 16.7 Å². The highest BCUT2D eigenvalue weighted by molar-refractivity contribution is 6.00. The maximum atomic E-state index is 12.7. The van der Waals surface area contributed by atoms with Gasteiger partial charge in [-0.05, 0) is 35.2 Å². The van der Waals surface area contributed by atoms with Gasteiger partial charge >= 0.3 is 12.1 Å². The molecule has 0 bridgehead atoms. The molecule has 3 aromatic rings. The predicted molar refractivity (Wildman–Crippen MR) is 86.6 cm³/mol. The average molecular weight is 347 g/mol. The van der Waals surface area contributed by atoms with Crippen molar-refractivity contribution in [3.05, 3.63) is 70.1 Å². The summed E-state index contributed by atoms with van der Waals surface area (Å²) < 4.78 is 39.4. The minimum atomic E-state index is -4.43. The second kappa shape index (κ2) is 5.77. The molecule has 0 amide bonds. The molecule has 7 heteroatoms. The summed E-state index contributed by atoms with van der Waals surface area (Å²) in [5, 5.41) is 9.76. The third kappa shape index (κ3) is 3.00. The van der Waals surface area contributed by atoms with Gasteiger partial charge in [0.1, 0.15) is 0 Å². The number of rotatable bonds is 2. The lowest BCUT2D eigenvalue weighted by atomic mass is 9.98. The molecule has 0 spiro atoms. The number of hydrogen-bond donors (Lipinski definition) is 1. The van der Waals surface area contributed by atoms with E-state index in [0.29, 0.717) is 16.5 Å². The van der Waals surface area contributed by atoms with E-state index in [2.05, 4.69) is 0 Å². The van der Waals surface area contributed by atoms with Crippen LogP contribution in [0.5, 0.6) is 0 Å². The van der Waals surface area contributed by atoms with E-state index in [0.717, 1.165) is 12.1 Å². The van der Waals surface area contributed by atoms with Crippen molar-refractivity contribution in [2.24, 2.45) is 7.05 Å². The van der Waals surface area contributed by atoms with Crippen LogP contribution in [0.3, 0.4) is 0 Å². The molecule has 1 aromatic heterocycles. The van der Waals surface area contributed by atoms with Gasteiger partial charge in [-0.1, -0.05) is 18.2 Å². The standard InChI is InChI=1S/C18H12F3NO3/c1-22-9-15(10-2-5-12(6-3-10)18(19,20)21)13-7-4-11(17(24)25)8-14(13)16(22)23/h2-9H,1H3,(H,24,25). The second-order valence-corrected chi connectivity index (χ2v) is 5.60. The molecule has 0 aliphatic rings. The molecule has 3 rings (SSSR count). The van der Waals surface area contributed by atoms with Crippen molar-refractivity contribution in [2.45, 2.75) is 6.18 Å². The van der Waals surface area contributed by atoms with E-state index in [9.17, 15) is 22.8 Å². The number of fused-ring (bicyclic) bond motifs is 1. The summed E-state index contributed by atoms with van der Waals surface area (Å²) in [5.74, 6) is -1.16. The number of aryl methyl sites for hydroxylation is 1. The summed E-state index contributed by atoms with van der Waals surface area (Å²) >= 11 is 0. The largest absolute Gasteiger partial charge is 0.478 e. The Morgan fingerprint density at radius 2 is 1.68 bits per heavy atom. The second-order valence-electron chi connectivity index (χ2n) is 5.60. The molecular formula is C18H12F3NO3. The predicted octanol–water partition coefficient (Wildman–Crippen LogP) is 3.92. The van der Waals surface area contributed by atoms with Gasteiger partial charge in [-0.2, -0.15) is 13.2 Å². The molecule has 2 aromatic carbocycles. The molecule has 4 nitrogen and oxygen atoms in total. The van der Waals surface area contributed by atoms with Crippen LogP contribution in [-0.2, 0) is 13.2 Å². The number of benzene rings is 2. The van der Waals surface area contributed by atoms with Crippen molar-refractivity contribution in [1.29, 1.82) is 0 Å². The zero-order valence-corrected chi connectivity index (χ0v) is 13.0. The van der Waals surface area contributed by atoms with Crippen molar-refractivity contribution in [2.75, 3.05) is 0 Å². The smallest absolute Gasteiger partial charge is 0.416 e. The normalized spacial score (nSPS) is 11.7. The molecule has 25 heavy (non-hydrogen) atoms. The van der Waals surface area contributed by atoms with Crippen LogP contribution >= 0.6 is 0 Å². The molecule has 0 radical (unpaired) electrons. The fourth-order valence-corrected chi connectivity index (χ4v) is 2.67. The number of pyridine rings is 1. The van der Waals surface area contributed by atoms with Crippen molar-refractivity contribution in [3.63, 3.8) is 0 Å². The maximum Gasteiger partial charge on any atom is 0.416 e. The van der Waals surface area contributed by atoms with Crippen LogP contribution in [0.4, 0.5) is 13.2 Å². The van der Waals surface area contributed by atoms with E-state index in [4.69, 9.17) is 5.11 Å². The molecular weight excluding hydrogens is 335 g/mol. The first-order chi connectivity index (χ1) is 11.7. The van der Waals surface area contributed by atoms with E-state index in [1.807, 2.05) is 0 Å². The van der Waals surface area contributed by atoms with E-state index in [1.54, 1.807) is 0 Å². The first-order valence-corrected chi connectivity index (χ1v) is 7.23. The summed E-state index contributed by atoms with van der Waals surface area (Å²) in [6.07, 6.45) is -2.91. The number of carboxylic acids is 1. The molecule has 128 valence electrons. The summed E-state index contributed by atoms with van der Waals surface area (Å²) in [4.78, 5) is 23.4. The minimum absolute atomic E-state index is 0.0332. The van der Waals surface area contributed by atoms with Gasteiger partial charge in [0.15, 0.2) is 0 Å². The SMILES string of the molecule is Cn1cc(-c2ccc(C(F)(F)F)cc2)c2ccc(C(=O)O)cc2c1=O. The number of carboxylic acid groups (broad SMARTS) is 1. The van der Waals surface area contributed by atoms with Crippen molar-refractivity contribution in [3.8, 4) is 11.1 Å². The highest BCUT2D eigenvalue weighted by atomic mass is 19.4. The van der Waals surface area contributed by atoms with Gasteiger partial charge in [-0.3, -0.25) is 4.79 Å². The lowest BCUT2D eigenvalue weighted by Gasteiger charge is -2.12. The van der Waals surface area contributed by atoms with Crippen LogP contribution in [0, 0.1) is 0 Å². The van der Waals surface area contributed by atoms with Crippen LogP contribution < -0.4 is 5.56 Å². The van der Waals surface area contributed by atoms with Gasteiger partial charge in [-0.25, -0.2) is 4.79 Å². The Labute approximate surface area is 139 Å². The molecule has 0 unspecified atom stereocenters. The summed E-state index contributed by atoms with van der Waals surface area (Å²) in [6.45, 7) is 0. The zero-order chi connectivity index (χ0) is 18.4. The monoisotopic (exact) mass is 347 g/mol. The van der Waals surface area contributed by atoms with E-state index < -0.39 is 17.7 Å². The van der Waals surface area contributed by atoms with Crippen LogP contribution in [0.2, 0.25) is 0 Å². The number of halogens is 3. The first kappa shape index (κ1) is 16.8. The Morgan fingerprint density at radius 3 is 2.24 bits per heavy atom. The molecule has 0 saturated heterocycles. The molecule has 1 heterocycles. The summed E-state index contributed by atoms with van der Waals surface area (Å²) in [5.41, 5.74) is -0.138. The third-order valence-electron chi connectivity index (χ3n) is 3.95. The Morgan fingerprint density at radius 1 is 1.04 bits per heavy atom. The Kier molecular flexibility index (Phi) is 3.87. The quantitative estimate of drug-likeness (QED) is 0.764. The van der Waals surface area contributed by atoms with Crippen LogP contribution in [-0.4, -0.2) is 15.6 Å². The fraction of sp³-hybridized carbons (Fsp3) is 0.111. The molecule has 1 N–H and O–H groups in total. The lowest BCUT2D eigenvalue weighted by molar-refractivity contribution is -0.137. The lowest BCUT2D eigenvalue weighted by Crippen LogP contribution is -2.17. The minimum Gasteiger partial charge on any atom is -0.478 e. The number of aromatic carboxylic acids is 1. The van der Waals surface area contributed by atoms with Crippen LogP contribution in [0.1, 0.15) is 15.9 Å². The Balaban J connectivity index is 2.24. The van der Waals surface area contributed by atoms with Gasteiger partial charge in [0.25, 0.3) is 5.56 Å². The van der Waals surface area contributed by atoms with Crippen molar-refractivity contribution in [1.82, 2.24) is 4.57 Å². The highest BCUT2D eigenvalue weighted by Crippen LogP contribution is 2.32. The maximum absolute atomic E-state index is 12.7. The Bertz CT molecular complexity index is 1030. The number of hydrogen-bond acceptors (Lipinski definition) is 2. The molecule has 0 saturated carbocycles. The zero-order valence-electron chi connectivity index (χ0n) is 13.0. The first-order valence-electron chi connectivity index (χ1n) is 7.23. The number of alkyl halides is 3. The van der Waals surface area contributed by atoms with E-state index in [-0.39, 0.29) is 16.5 Å². The number of carbonyl (C=O) groups is 1. The molecule has 0 aliphatic carbocycles. The summed E-state index contributed by atoms with van der Waals surface area (Å²) in [7, 11) is 1.50. The average Bonchev–Trinajstić information content (AvgIpc) is 2.57. The van der Waals surface area contributed by atoms with E-state index in [1.165, 1.54) is 48.1 Å². The van der Waals surface area contributed by atoms with Gasteiger partial charge < -0.3 is 9.67 Å². The molecule has 0 atom stereocenters. The summed E-state index contributed by atoms with van der Waals surface area (Å²) in [6, 6.07) is 8.72. The Hall–Kier alpha value is -3.09. The van der Waals surface area contributed by atoms with E-state index >= 15 is 0 Å².